The number of nitrogens with zero attached hydrogens (tertiary/aromatic N) is 1. The van der Waals surface area contributed by atoms with E-state index in [1.165, 1.54) is 10.6 Å². The van der Waals surface area contributed by atoms with Gasteiger partial charge in [0.25, 0.3) is 0 Å². The van der Waals surface area contributed by atoms with Crippen LogP contribution in [0.5, 0.6) is 0 Å². The van der Waals surface area contributed by atoms with Crippen molar-refractivity contribution in [2.24, 2.45) is 0 Å². The van der Waals surface area contributed by atoms with Gasteiger partial charge in [-0.1, -0.05) is 30.3 Å². The molecule has 1 heterocycles. The van der Waals surface area contributed by atoms with Crippen molar-refractivity contribution in [3.8, 4) is 0 Å². The fourth-order valence-electron chi connectivity index (χ4n) is 2.63. The minimum absolute atomic E-state index is 0.248. The average molecular weight is 312 g/mol. The number of rotatable bonds is 5. The lowest BCUT2D eigenvalue weighted by atomic mass is 9.95. The van der Waals surface area contributed by atoms with E-state index in [-0.39, 0.29) is 6.04 Å². The van der Waals surface area contributed by atoms with Gasteiger partial charge in [0.2, 0.25) is 10.0 Å². The summed E-state index contributed by atoms with van der Waals surface area (Å²) in [6.45, 7) is 3.34. The third-order valence-electron chi connectivity index (χ3n) is 4.05. The molecule has 1 aliphatic rings. The summed E-state index contributed by atoms with van der Waals surface area (Å²) in [6.07, 6.45) is 2.80. The fraction of sp³-hybridized carbons (Fsp3) is 0.600. The lowest BCUT2D eigenvalue weighted by molar-refractivity contribution is 0.0516. The second kappa shape index (κ2) is 6.44. The summed E-state index contributed by atoms with van der Waals surface area (Å²) in [7, 11) is -3.08. The Balaban J connectivity index is 1.85. The average Bonchev–Trinajstić information content (AvgIpc) is 2.46. The van der Waals surface area contributed by atoms with Crippen molar-refractivity contribution in [3.05, 3.63) is 35.9 Å². The molecule has 0 aromatic heterocycles. The maximum Gasteiger partial charge on any atom is 0.211 e. The van der Waals surface area contributed by atoms with E-state index in [0.29, 0.717) is 19.6 Å². The van der Waals surface area contributed by atoms with Crippen LogP contribution in [0.15, 0.2) is 30.3 Å². The van der Waals surface area contributed by atoms with Crippen LogP contribution in [0.25, 0.3) is 0 Å². The van der Waals surface area contributed by atoms with Gasteiger partial charge in [-0.25, -0.2) is 12.7 Å². The molecule has 5 nitrogen and oxygen atoms in total. The molecule has 0 bridgehead atoms. The predicted molar refractivity (Wildman–Crippen MR) is 83.5 cm³/mol. The molecule has 6 heteroatoms. The predicted octanol–water partition coefficient (Wildman–Crippen LogP) is 0.908. The number of sulfonamides is 1. The van der Waals surface area contributed by atoms with Crippen molar-refractivity contribution in [2.75, 3.05) is 25.9 Å². The Kier molecular flexibility index (Phi) is 5.03. The Morgan fingerprint density at radius 3 is 2.38 bits per heavy atom. The van der Waals surface area contributed by atoms with Gasteiger partial charge >= 0.3 is 0 Å². The van der Waals surface area contributed by atoms with Crippen LogP contribution >= 0.6 is 0 Å². The molecule has 0 aliphatic carbocycles. The molecule has 1 aliphatic heterocycles. The Morgan fingerprint density at radius 1 is 1.29 bits per heavy atom. The van der Waals surface area contributed by atoms with E-state index in [4.69, 9.17) is 0 Å². The monoisotopic (exact) mass is 312 g/mol. The first kappa shape index (κ1) is 16.4. The van der Waals surface area contributed by atoms with E-state index in [1.54, 1.807) is 6.92 Å². The number of hydrogen-bond donors (Lipinski definition) is 2. The van der Waals surface area contributed by atoms with E-state index in [0.717, 1.165) is 18.4 Å². The summed E-state index contributed by atoms with van der Waals surface area (Å²) in [4.78, 5) is 0. The van der Waals surface area contributed by atoms with Crippen LogP contribution in [0.1, 0.15) is 25.3 Å². The van der Waals surface area contributed by atoms with Gasteiger partial charge in [0.15, 0.2) is 0 Å². The zero-order chi connectivity index (χ0) is 15.5. The standard InChI is InChI=1S/C15H24N2O3S/c1-15(18,13-6-4-3-5-7-13)12-16-14-8-10-17(11-9-14)21(2,19)20/h3-7,14,16,18H,8-12H2,1-2H3. The van der Waals surface area contributed by atoms with Gasteiger partial charge < -0.3 is 10.4 Å². The fourth-order valence-corrected chi connectivity index (χ4v) is 3.51. The van der Waals surface area contributed by atoms with E-state index < -0.39 is 15.6 Å². The van der Waals surface area contributed by atoms with Crippen LogP contribution < -0.4 is 5.32 Å². The van der Waals surface area contributed by atoms with Crippen molar-refractivity contribution >= 4 is 10.0 Å². The molecule has 1 unspecified atom stereocenters. The number of nitrogens with one attached hydrogen (secondary N) is 1. The molecule has 1 atom stereocenters. The number of aliphatic hydroxyl groups is 1. The highest BCUT2D eigenvalue weighted by atomic mass is 32.2. The summed E-state index contributed by atoms with van der Waals surface area (Å²) in [6, 6.07) is 9.82. The quantitative estimate of drug-likeness (QED) is 0.848. The lowest BCUT2D eigenvalue weighted by Gasteiger charge is -2.33. The first-order valence-corrected chi connectivity index (χ1v) is 9.10. The largest absolute Gasteiger partial charge is 0.384 e. The van der Waals surface area contributed by atoms with Gasteiger partial charge in [0, 0.05) is 25.7 Å². The number of benzene rings is 1. The van der Waals surface area contributed by atoms with Crippen LogP contribution in [0.3, 0.4) is 0 Å². The summed E-state index contributed by atoms with van der Waals surface area (Å²) >= 11 is 0. The maximum absolute atomic E-state index is 11.5. The molecule has 0 saturated carbocycles. The molecule has 1 aromatic carbocycles. The van der Waals surface area contributed by atoms with Crippen molar-refractivity contribution in [3.63, 3.8) is 0 Å². The Bertz CT molecular complexity index is 550. The number of piperidine rings is 1. The topological polar surface area (TPSA) is 69.6 Å². The normalized spacial score (nSPS) is 21.1. The Labute approximate surface area is 127 Å². The van der Waals surface area contributed by atoms with Crippen molar-refractivity contribution < 1.29 is 13.5 Å². The zero-order valence-corrected chi connectivity index (χ0v) is 13.4. The van der Waals surface area contributed by atoms with E-state index in [2.05, 4.69) is 5.32 Å². The van der Waals surface area contributed by atoms with Gasteiger partial charge in [-0.3, -0.25) is 0 Å². The molecular formula is C15H24N2O3S. The minimum Gasteiger partial charge on any atom is -0.384 e. The Hall–Kier alpha value is -0.950. The third-order valence-corrected chi connectivity index (χ3v) is 5.36. The highest BCUT2D eigenvalue weighted by Gasteiger charge is 2.28. The van der Waals surface area contributed by atoms with Gasteiger partial charge in [-0.15, -0.1) is 0 Å². The molecule has 118 valence electrons. The molecule has 0 radical (unpaired) electrons. The lowest BCUT2D eigenvalue weighted by Crippen LogP contribution is -2.47. The maximum atomic E-state index is 11.5. The highest BCUT2D eigenvalue weighted by molar-refractivity contribution is 7.88. The minimum atomic E-state index is -3.08. The van der Waals surface area contributed by atoms with Crippen molar-refractivity contribution in [1.82, 2.24) is 9.62 Å². The van der Waals surface area contributed by atoms with E-state index >= 15 is 0 Å². The molecule has 1 saturated heterocycles. The molecule has 0 spiro atoms. The second-order valence-corrected chi connectivity index (χ2v) is 7.94. The van der Waals surface area contributed by atoms with Crippen LogP contribution in [0, 0.1) is 0 Å². The van der Waals surface area contributed by atoms with Gasteiger partial charge in [-0.2, -0.15) is 0 Å². The number of hydrogen-bond acceptors (Lipinski definition) is 4. The second-order valence-electron chi connectivity index (χ2n) is 5.96. The SMILES string of the molecule is CC(O)(CNC1CCN(S(C)(=O)=O)CC1)c1ccccc1. The first-order valence-electron chi connectivity index (χ1n) is 7.25. The van der Waals surface area contributed by atoms with Crippen LogP contribution in [0.4, 0.5) is 0 Å². The van der Waals surface area contributed by atoms with E-state index in [9.17, 15) is 13.5 Å². The summed E-state index contributed by atoms with van der Waals surface area (Å²) in [5.41, 5.74) is -0.0408. The molecular weight excluding hydrogens is 288 g/mol. The molecule has 2 N–H and O–H groups in total. The summed E-state index contributed by atoms with van der Waals surface area (Å²) in [5.74, 6) is 0. The molecule has 21 heavy (non-hydrogen) atoms. The van der Waals surface area contributed by atoms with Gasteiger partial charge in [0.05, 0.1) is 11.9 Å². The van der Waals surface area contributed by atoms with Crippen LogP contribution in [-0.4, -0.2) is 49.8 Å². The van der Waals surface area contributed by atoms with Crippen LogP contribution in [-0.2, 0) is 15.6 Å². The first-order chi connectivity index (χ1) is 9.79. The van der Waals surface area contributed by atoms with E-state index in [1.807, 2.05) is 30.3 Å². The zero-order valence-electron chi connectivity index (χ0n) is 12.6. The molecule has 2 rings (SSSR count). The van der Waals surface area contributed by atoms with Crippen molar-refractivity contribution in [1.29, 1.82) is 0 Å². The molecule has 0 amide bonds. The smallest absolute Gasteiger partial charge is 0.211 e. The molecule has 1 aromatic rings. The third kappa shape index (κ3) is 4.51. The van der Waals surface area contributed by atoms with Crippen molar-refractivity contribution in [2.45, 2.75) is 31.4 Å². The highest BCUT2D eigenvalue weighted by Crippen LogP contribution is 2.20. The Morgan fingerprint density at radius 2 is 1.86 bits per heavy atom. The van der Waals surface area contributed by atoms with Crippen LogP contribution in [0.2, 0.25) is 0 Å². The molecule has 1 fully saturated rings. The van der Waals surface area contributed by atoms with Gasteiger partial charge in [-0.05, 0) is 25.3 Å². The summed E-state index contributed by atoms with van der Waals surface area (Å²) < 4.78 is 24.4. The summed E-state index contributed by atoms with van der Waals surface area (Å²) in [5, 5.41) is 13.9. The van der Waals surface area contributed by atoms with Gasteiger partial charge in [0.1, 0.15) is 0 Å².